The third kappa shape index (κ3) is 3.97. The van der Waals surface area contributed by atoms with Gasteiger partial charge >= 0.3 is 0 Å². The summed E-state index contributed by atoms with van der Waals surface area (Å²) < 4.78 is 10.7. The highest BCUT2D eigenvalue weighted by Crippen LogP contribution is 2.41. The smallest absolute Gasteiger partial charge is 0.251 e. The van der Waals surface area contributed by atoms with Crippen LogP contribution in [-0.4, -0.2) is 48.2 Å². The van der Waals surface area contributed by atoms with Crippen LogP contribution in [0.3, 0.4) is 0 Å². The molecule has 5 aromatic rings. The van der Waals surface area contributed by atoms with Crippen molar-refractivity contribution in [1.82, 2.24) is 20.3 Å². The molecule has 0 aliphatic heterocycles. The van der Waals surface area contributed by atoms with Gasteiger partial charge in [0.1, 0.15) is 5.75 Å². The molecule has 7 heteroatoms. The normalized spacial score (nSPS) is 11.1. The Morgan fingerprint density at radius 1 is 1.00 bits per heavy atom. The fraction of sp³-hybridized carbons (Fsp3) is 0.148. The van der Waals surface area contributed by atoms with Crippen molar-refractivity contribution >= 4 is 27.7 Å². The van der Waals surface area contributed by atoms with Gasteiger partial charge in [-0.2, -0.15) is 0 Å². The maximum absolute atomic E-state index is 12.4. The minimum absolute atomic E-state index is 0.131. The van der Waals surface area contributed by atoms with E-state index in [1.807, 2.05) is 54.7 Å². The molecule has 170 valence electrons. The molecule has 3 aromatic heterocycles. The van der Waals surface area contributed by atoms with Crippen LogP contribution in [0.4, 0.5) is 0 Å². The minimum atomic E-state index is -0.131. The lowest BCUT2D eigenvalue weighted by atomic mass is 9.97. The van der Waals surface area contributed by atoms with Gasteiger partial charge in [-0.1, -0.05) is 12.1 Å². The first-order valence-electron chi connectivity index (χ1n) is 11.0. The van der Waals surface area contributed by atoms with Crippen molar-refractivity contribution in [1.29, 1.82) is 0 Å². The number of methoxy groups -OCH3 is 2. The molecule has 0 saturated heterocycles. The summed E-state index contributed by atoms with van der Waals surface area (Å²) in [4.78, 5) is 24.7. The number of hydrogen-bond donors (Lipinski definition) is 2. The van der Waals surface area contributed by atoms with Gasteiger partial charge in [-0.05, 0) is 48.0 Å². The molecular formula is C27H24N4O3. The van der Waals surface area contributed by atoms with Crippen molar-refractivity contribution < 1.29 is 14.3 Å². The Balaban J connectivity index is 1.63. The highest BCUT2D eigenvalue weighted by atomic mass is 16.5. The Hall–Kier alpha value is -4.23. The summed E-state index contributed by atoms with van der Waals surface area (Å²) in [5, 5.41) is 4.93. The Labute approximate surface area is 196 Å². The van der Waals surface area contributed by atoms with Gasteiger partial charge < -0.3 is 19.8 Å². The van der Waals surface area contributed by atoms with Gasteiger partial charge in [-0.3, -0.25) is 14.8 Å². The lowest BCUT2D eigenvalue weighted by Crippen LogP contribution is -2.26. The molecule has 3 heterocycles. The number of nitrogens with zero attached hydrogens (tertiary/aromatic N) is 2. The van der Waals surface area contributed by atoms with Crippen molar-refractivity contribution in [3.05, 3.63) is 78.8 Å². The number of pyridine rings is 2. The quantitative estimate of drug-likeness (QED) is 0.345. The zero-order valence-electron chi connectivity index (χ0n) is 19.0. The van der Waals surface area contributed by atoms with Crippen LogP contribution in [0.1, 0.15) is 10.4 Å². The molecule has 5 rings (SSSR count). The number of H-pyrrole nitrogens is 1. The number of ether oxygens (including phenoxy) is 2. The molecule has 0 spiro atoms. The molecule has 0 aliphatic rings. The van der Waals surface area contributed by atoms with Crippen LogP contribution >= 0.6 is 0 Å². The molecule has 2 N–H and O–H groups in total. The molecule has 34 heavy (non-hydrogen) atoms. The Morgan fingerprint density at radius 3 is 2.59 bits per heavy atom. The van der Waals surface area contributed by atoms with Gasteiger partial charge in [0.25, 0.3) is 5.91 Å². The first kappa shape index (κ1) is 21.6. The van der Waals surface area contributed by atoms with Crippen molar-refractivity contribution in [2.24, 2.45) is 0 Å². The average molecular weight is 453 g/mol. The predicted molar refractivity (Wildman–Crippen MR) is 133 cm³/mol. The number of benzene rings is 2. The van der Waals surface area contributed by atoms with Crippen LogP contribution in [0, 0.1) is 0 Å². The zero-order valence-corrected chi connectivity index (χ0v) is 19.0. The van der Waals surface area contributed by atoms with Gasteiger partial charge in [-0.25, -0.2) is 0 Å². The number of rotatable bonds is 7. The molecule has 0 atom stereocenters. The van der Waals surface area contributed by atoms with E-state index in [-0.39, 0.29) is 5.91 Å². The van der Waals surface area contributed by atoms with E-state index in [1.165, 1.54) is 0 Å². The standard InChI is InChI=1S/C27H24N4O3/c1-33-13-12-29-27(32)18-7-5-17(6-8-18)25-24(34-2)10-9-21-26(25)20-14-22(30-16-23(20)31-21)19-4-3-11-28-15-19/h3-11,14-16,31H,12-13H2,1-2H3,(H,29,32). The van der Waals surface area contributed by atoms with E-state index in [9.17, 15) is 4.79 Å². The van der Waals surface area contributed by atoms with Crippen LogP contribution < -0.4 is 10.1 Å². The van der Waals surface area contributed by atoms with Gasteiger partial charge in [0, 0.05) is 59.0 Å². The van der Waals surface area contributed by atoms with Crippen LogP contribution in [0.15, 0.2) is 73.2 Å². The van der Waals surface area contributed by atoms with Crippen molar-refractivity contribution in [3.63, 3.8) is 0 Å². The van der Waals surface area contributed by atoms with Crippen LogP contribution in [-0.2, 0) is 4.74 Å². The second-order valence-corrected chi connectivity index (χ2v) is 7.87. The van der Waals surface area contributed by atoms with Gasteiger partial charge in [0.2, 0.25) is 0 Å². The fourth-order valence-corrected chi connectivity index (χ4v) is 4.16. The first-order chi connectivity index (χ1) is 16.7. The average Bonchev–Trinajstić information content (AvgIpc) is 3.26. The number of carbonyl (C=O) groups excluding carboxylic acids is 1. The topological polar surface area (TPSA) is 89.1 Å². The van der Waals surface area contributed by atoms with E-state index in [1.54, 1.807) is 26.6 Å². The number of hydrogen-bond acceptors (Lipinski definition) is 5. The van der Waals surface area contributed by atoms with E-state index in [0.29, 0.717) is 18.7 Å². The summed E-state index contributed by atoms with van der Waals surface area (Å²) in [5.74, 6) is 0.624. The summed E-state index contributed by atoms with van der Waals surface area (Å²) in [6.45, 7) is 0.937. The summed E-state index contributed by atoms with van der Waals surface area (Å²) >= 11 is 0. The van der Waals surface area contributed by atoms with Crippen molar-refractivity contribution in [2.75, 3.05) is 27.4 Å². The number of amides is 1. The Bertz CT molecular complexity index is 1460. The molecule has 7 nitrogen and oxygen atoms in total. The minimum Gasteiger partial charge on any atom is -0.496 e. The fourth-order valence-electron chi connectivity index (χ4n) is 4.16. The van der Waals surface area contributed by atoms with Crippen LogP contribution in [0.2, 0.25) is 0 Å². The van der Waals surface area contributed by atoms with Gasteiger partial charge in [-0.15, -0.1) is 0 Å². The molecular weight excluding hydrogens is 428 g/mol. The summed E-state index contributed by atoms with van der Waals surface area (Å²) in [7, 11) is 3.27. The number of aromatic nitrogens is 3. The third-order valence-corrected chi connectivity index (χ3v) is 5.81. The largest absolute Gasteiger partial charge is 0.496 e. The summed E-state index contributed by atoms with van der Waals surface area (Å²) in [6, 6.07) is 17.5. The highest BCUT2D eigenvalue weighted by Gasteiger charge is 2.17. The highest BCUT2D eigenvalue weighted by molar-refractivity contribution is 6.16. The van der Waals surface area contributed by atoms with Crippen LogP contribution in [0.5, 0.6) is 5.75 Å². The monoisotopic (exact) mass is 452 g/mol. The zero-order chi connectivity index (χ0) is 23.5. The molecule has 0 fully saturated rings. The lowest BCUT2D eigenvalue weighted by molar-refractivity contribution is 0.0937. The number of nitrogens with one attached hydrogen (secondary N) is 2. The molecule has 1 amide bonds. The molecule has 0 aliphatic carbocycles. The molecule has 0 unspecified atom stereocenters. The van der Waals surface area contributed by atoms with E-state index in [2.05, 4.69) is 26.3 Å². The Morgan fingerprint density at radius 2 is 1.85 bits per heavy atom. The van der Waals surface area contributed by atoms with Crippen LogP contribution in [0.25, 0.3) is 44.2 Å². The third-order valence-electron chi connectivity index (χ3n) is 5.81. The predicted octanol–water partition coefficient (Wildman–Crippen LogP) is 4.83. The maximum atomic E-state index is 12.4. The molecule has 0 bridgehead atoms. The lowest BCUT2D eigenvalue weighted by Gasteiger charge is -2.12. The first-order valence-corrected chi connectivity index (χ1v) is 11.0. The second kappa shape index (κ2) is 9.33. The van der Waals surface area contributed by atoms with Gasteiger partial charge in [0.05, 0.1) is 31.1 Å². The van der Waals surface area contributed by atoms with Crippen molar-refractivity contribution in [3.8, 4) is 28.1 Å². The van der Waals surface area contributed by atoms with Crippen molar-refractivity contribution in [2.45, 2.75) is 0 Å². The van der Waals surface area contributed by atoms with E-state index >= 15 is 0 Å². The maximum Gasteiger partial charge on any atom is 0.251 e. The van der Waals surface area contributed by atoms with E-state index < -0.39 is 0 Å². The molecule has 2 aromatic carbocycles. The number of fused-ring (bicyclic) bond motifs is 3. The number of carbonyl (C=O) groups is 1. The Kier molecular flexibility index (Phi) is 5.93. The molecule has 0 saturated carbocycles. The SMILES string of the molecule is COCCNC(=O)c1ccc(-c2c(OC)ccc3[nH]c4cnc(-c5cccnc5)cc4c23)cc1. The second-order valence-electron chi connectivity index (χ2n) is 7.87. The van der Waals surface area contributed by atoms with E-state index in [0.717, 1.165) is 49.9 Å². The summed E-state index contributed by atoms with van der Waals surface area (Å²) in [5.41, 5.74) is 6.22. The molecule has 0 radical (unpaired) electrons. The van der Waals surface area contributed by atoms with E-state index in [4.69, 9.17) is 9.47 Å². The number of aromatic amines is 1. The summed E-state index contributed by atoms with van der Waals surface area (Å²) in [6.07, 6.45) is 5.40. The van der Waals surface area contributed by atoms with Gasteiger partial charge in [0.15, 0.2) is 0 Å².